The maximum Gasteiger partial charge on any atom is 0.147 e. The fourth-order valence-corrected chi connectivity index (χ4v) is 12.8. The Labute approximate surface area is 426 Å². The third-order valence-electron chi connectivity index (χ3n) is 16.0. The Bertz CT molecular complexity index is 4760. The van der Waals surface area contributed by atoms with Crippen LogP contribution in [0.4, 0.5) is 0 Å². The molecule has 0 radical (unpaired) electrons. The lowest BCUT2D eigenvalue weighted by molar-refractivity contribution is 0.658. The zero-order chi connectivity index (χ0) is 48.4. The summed E-state index contributed by atoms with van der Waals surface area (Å²) in [5, 5.41) is 16.6. The van der Waals surface area contributed by atoms with Crippen LogP contribution >= 0.6 is 0 Å². The fraction of sp³-hybridized carbons (Fsp3) is 0.0278. The van der Waals surface area contributed by atoms with Gasteiger partial charge >= 0.3 is 0 Å². The molecule has 0 saturated heterocycles. The van der Waals surface area contributed by atoms with Crippen LogP contribution in [0.15, 0.2) is 245 Å². The minimum absolute atomic E-state index is 0.823. The number of furan rings is 2. The van der Waals surface area contributed by atoms with Crippen molar-refractivity contribution in [1.29, 1.82) is 0 Å². The average Bonchev–Trinajstić information content (AvgIpc) is 4.03. The molecule has 2 nitrogen and oxygen atoms in total. The van der Waals surface area contributed by atoms with Crippen molar-refractivity contribution in [2.45, 2.75) is 12.8 Å². The lowest BCUT2D eigenvalue weighted by Gasteiger charge is -2.25. The number of hydrogen-bond acceptors (Lipinski definition) is 2. The Kier molecular flexibility index (Phi) is 8.90. The Balaban J connectivity index is 1.05. The van der Waals surface area contributed by atoms with Gasteiger partial charge in [-0.2, -0.15) is 0 Å². The van der Waals surface area contributed by atoms with Crippen molar-refractivity contribution < 1.29 is 8.83 Å². The second-order valence-corrected chi connectivity index (χ2v) is 20.1. The van der Waals surface area contributed by atoms with E-state index >= 15 is 0 Å². The lowest BCUT2D eigenvalue weighted by atomic mass is 9.78. The monoisotopic (exact) mass is 940 g/mol. The molecule has 0 fully saturated rings. The van der Waals surface area contributed by atoms with Gasteiger partial charge in [-0.05, 0) is 176 Å². The van der Waals surface area contributed by atoms with Crippen molar-refractivity contribution >= 4 is 104 Å². The van der Waals surface area contributed by atoms with E-state index in [0.717, 1.165) is 79.0 Å². The van der Waals surface area contributed by atoms with Gasteiger partial charge in [0.25, 0.3) is 0 Å². The fourth-order valence-electron chi connectivity index (χ4n) is 12.8. The summed E-state index contributed by atoms with van der Waals surface area (Å²) >= 11 is 0. The number of fused-ring (bicyclic) bond motifs is 12. The Morgan fingerprint density at radius 1 is 0.270 bits per heavy atom. The molecule has 1 aliphatic rings. The van der Waals surface area contributed by atoms with E-state index in [1.807, 2.05) is 0 Å². The molecule has 0 N–H and O–H groups in total. The first-order valence-electron chi connectivity index (χ1n) is 25.8. The molecular formula is C72H44O2. The van der Waals surface area contributed by atoms with E-state index < -0.39 is 0 Å². The molecule has 0 aliphatic heterocycles. The van der Waals surface area contributed by atoms with Crippen LogP contribution in [0.1, 0.15) is 17.5 Å². The third-order valence-corrected chi connectivity index (χ3v) is 16.0. The topological polar surface area (TPSA) is 26.3 Å². The standard InChI is InChI=1S/C72H44O2/c1-3-19-45-37-47(35-33-43(45)17-1)66-54-23-5-9-27-58(54)68(59-28-10-6-24-55(59)66)49-39-50(41-51(40-49)70-71-62(52-21-13-15-31-64(52)73-71)42-63-53-22-14-16-32-65(53)74-72(63)70)69-60-29-11-7-25-56(60)67(57-26-8-12-30-61(57)69)48-36-34-44-18-2-4-20-46(44)38-48/h1-11,13-29,31-42H,12,30H2. The average molecular weight is 941 g/mol. The van der Waals surface area contributed by atoms with Crippen LogP contribution in [-0.4, -0.2) is 0 Å². The summed E-state index contributed by atoms with van der Waals surface area (Å²) in [6.07, 6.45) is 6.64. The zero-order valence-electron chi connectivity index (χ0n) is 40.3. The molecule has 2 heteroatoms. The van der Waals surface area contributed by atoms with Gasteiger partial charge in [0, 0.05) is 21.5 Å². The molecule has 1 aliphatic carbocycles. The van der Waals surface area contributed by atoms with Crippen molar-refractivity contribution in [3.8, 4) is 55.6 Å². The number of benzene rings is 13. The number of para-hydroxylation sites is 2. The van der Waals surface area contributed by atoms with Crippen LogP contribution in [0, 0.1) is 0 Å². The minimum Gasteiger partial charge on any atom is -0.455 e. The highest BCUT2D eigenvalue weighted by molar-refractivity contribution is 6.25. The molecule has 0 spiro atoms. The van der Waals surface area contributed by atoms with E-state index in [4.69, 9.17) is 8.83 Å². The molecule has 74 heavy (non-hydrogen) atoms. The van der Waals surface area contributed by atoms with Gasteiger partial charge in [0.1, 0.15) is 22.3 Å². The van der Waals surface area contributed by atoms with Gasteiger partial charge in [-0.1, -0.05) is 194 Å². The zero-order valence-corrected chi connectivity index (χ0v) is 40.3. The maximum atomic E-state index is 7.06. The first kappa shape index (κ1) is 41.2. The third kappa shape index (κ3) is 6.12. The van der Waals surface area contributed by atoms with Gasteiger partial charge in [0.15, 0.2) is 0 Å². The van der Waals surface area contributed by atoms with Crippen LogP contribution in [-0.2, 0) is 6.42 Å². The predicted molar refractivity (Wildman–Crippen MR) is 313 cm³/mol. The van der Waals surface area contributed by atoms with Crippen LogP contribution in [0.25, 0.3) is 159 Å². The molecule has 0 unspecified atom stereocenters. The van der Waals surface area contributed by atoms with Gasteiger partial charge in [-0.15, -0.1) is 0 Å². The van der Waals surface area contributed by atoms with Crippen LogP contribution in [0.5, 0.6) is 0 Å². The maximum absolute atomic E-state index is 7.06. The molecule has 0 saturated carbocycles. The Morgan fingerprint density at radius 3 is 1.19 bits per heavy atom. The van der Waals surface area contributed by atoms with E-state index in [0.29, 0.717) is 0 Å². The van der Waals surface area contributed by atoms with Crippen molar-refractivity contribution in [2.24, 2.45) is 0 Å². The largest absolute Gasteiger partial charge is 0.455 e. The Morgan fingerprint density at radius 2 is 0.662 bits per heavy atom. The molecule has 0 amide bonds. The summed E-state index contributed by atoms with van der Waals surface area (Å²) in [5.74, 6) is 0. The van der Waals surface area contributed by atoms with Gasteiger partial charge in [-0.3, -0.25) is 0 Å². The molecule has 13 aromatic carbocycles. The van der Waals surface area contributed by atoms with Crippen LogP contribution in [0.3, 0.4) is 0 Å². The van der Waals surface area contributed by atoms with Gasteiger partial charge < -0.3 is 8.83 Å². The van der Waals surface area contributed by atoms with E-state index in [-0.39, 0.29) is 0 Å². The summed E-state index contributed by atoms with van der Waals surface area (Å²) in [5.41, 5.74) is 17.8. The second kappa shape index (κ2) is 16.0. The normalized spacial score (nSPS) is 12.7. The molecule has 0 bridgehead atoms. The SMILES string of the molecule is C1=Cc2c(c(-c3cc(-c4c5ccccc5c(-c5ccc6ccccc6c5)c5ccccc45)cc(-c4c5oc6ccccc6c5cc5c4oc4ccccc45)c3)c3ccccc3c2-c2ccc3ccccc3c2)CC1. The highest BCUT2D eigenvalue weighted by Crippen LogP contribution is 2.52. The molecular weight excluding hydrogens is 897 g/mol. The Hall–Kier alpha value is -9.50. The minimum atomic E-state index is 0.823. The highest BCUT2D eigenvalue weighted by atomic mass is 16.3. The number of hydrogen-bond donors (Lipinski definition) is 0. The van der Waals surface area contributed by atoms with Crippen LogP contribution < -0.4 is 0 Å². The van der Waals surface area contributed by atoms with E-state index in [9.17, 15) is 0 Å². The molecule has 16 rings (SSSR count). The number of rotatable bonds is 5. The van der Waals surface area contributed by atoms with Crippen LogP contribution in [0.2, 0.25) is 0 Å². The van der Waals surface area contributed by atoms with Crippen molar-refractivity contribution in [3.05, 3.63) is 248 Å². The summed E-state index contributed by atoms with van der Waals surface area (Å²) in [6, 6.07) is 84.9. The van der Waals surface area contributed by atoms with Gasteiger partial charge in [0.2, 0.25) is 0 Å². The predicted octanol–water partition coefficient (Wildman–Crippen LogP) is 20.5. The summed E-state index contributed by atoms with van der Waals surface area (Å²) in [7, 11) is 0. The molecule has 2 heterocycles. The second-order valence-electron chi connectivity index (χ2n) is 20.1. The molecule has 15 aromatic rings. The van der Waals surface area contributed by atoms with Crippen molar-refractivity contribution in [2.75, 3.05) is 0 Å². The molecule has 0 atom stereocenters. The van der Waals surface area contributed by atoms with Crippen molar-refractivity contribution in [3.63, 3.8) is 0 Å². The smallest absolute Gasteiger partial charge is 0.147 e. The first-order valence-corrected chi connectivity index (χ1v) is 25.8. The van der Waals surface area contributed by atoms with Gasteiger partial charge in [-0.25, -0.2) is 0 Å². The summed E-state index contributed by atoms with van der Waals surface area (Å²) < 4.78 is 14.1. The number of allylic oxidation sites excluding steroid dienone is 1. The highest BCUT2D eigenvalue weighted by Gasteiger charge is 2.27. The van der Waals surface area contributed by atoms with E-state index in [1.54, 1.807) is 0 Å². The van der Waals surface area contributed by atoms with E-state index in [1.165, 1.54) is 98.4 Å². The summed E-state index contributed by atoms with van der Waals surface area (Å²) in [4.78, 5) is 0. The quantitative estimate of drug-likeness (QED) is 0.161. The summed E-state index contributed by atoms with van der Waals surface area (Å²) in [6.45, 7) is 0. The first-order chi connectivity index (χ1) is 36.7. The molecule has 2 aromatic heterocycles. The molecule has 344 valence electrons. The van der Waals surface area contributed by atoms with Gasteiger partial charge in [0.05, 0.1) is 5.56 Å². The van der Waals surface area contributed by atoms with Crippen molar-refractivity contribution in [1.82, 2.24) is 0 Å². The van der Waals surface area contributed by atoms with E-state index in [2.05, 4.69) is 243 Å². The lowest BCUT2D eigenvalue weighted by Crippen LogP contribution is -2.03.